The van der Waals surface area contributed by atoms with Crippen LogP contribution in [0.15, 0.2) is 120 Å². The van der Waals surface area contributed by atoms with Crippen LogP contribution in [0.25, 0.3) is 72.3 Å². The van der Waals surface area contributed by atoms with Crippen molar-refractivity contribution in [1.82, 2.24) is 14.5 Å². The fourth-order valence-electron chi connectivity index (χ4n) is 7.41. The summed E-state index contributed by atoms with van der Waals surface area (Å²) < 4.78 is 9.26. The van der Waals surface area contributed by atoms with Gasteiger partial charge in [0.25, 0.3) is 0 Å². The molecule has 0 atom stereocenters. The van der Waals surface area contributed by atoms with Crippen LogP contribution in [0.1, 0.15) is 82.7 Å². The molecule has 0 aliphatic carbocycles. The molecule has 8 aromatic rings. The molecule has 3 aromatic heterocycles. The Morgan fingerprint density at radius 2 is 1.27 bits per heavy atom. The van der Waals surface area contributed by atoms with Crippen LogP contribution in [0, 0.1) is 6.92 Å². The number of hydrogen-bond donors (Lipinski definition) is 0. The largest absolute Gasteiger partial charge is 0.455 e. The second-order valence-corrected chi connectivity index (χ2v) is 15.6. The molecule has 0 unspecified atom stereocenters. The van der Waals surface area contributed by atoms with E-state index in [0.29, 0.717) is 11.8 Å². The molecule has 0 amide bonds. The van der Waals surface area contributed by atoms with E-state index in [-0.39, 0.29) is 5.41 Å². The lowest BCUT2D eigenvalue weighted by Gasteiger charge is -2.24. The molecule has 0 radical (unpaired) electrons. The lowest BCUT2D eigenvalue weighted by molar-refractivity contribution is 0.570. The molecule has 3 heterocycles. The molecule has 254 valence electrons. The molecule has 0 N–H and O–H groups in total. The third-order valence-corrected chi connectivity index (χ3v) is 10.2. The zero-order valence-electron chi connectivity index (χ0n) is 30.9. The lowest BCUT2D eigenvalue weighted by atomic mass is 9.89. The van der Waals surface area contributed by atoms with Gasteiger partial charge in [-0.2, -0.15) is 0 Å². The van der Waals surface area contributed by atoms with Crippen molar-refractivity contribution in [3.05, 3.63) is 138 Å². The molecule has 0 saturated heterocycles. The zero-order chi connectivity index (χ0) is 35.6. The van der Waals surface area contributed by atoms with Crippen molar-refractivity contribution in [2.45, 2.75) is 72.6 Å². The van der Waals surface area contributed by atoms with E-state index in [1.54, 1.807) is 0 Å². The van der Waals surface area contributed by atoms with Gasteiger partial charge in [0.2, 0.25) is 0 Å². The normalized spacial score (nSPS) is 12.3. The second kappa shape index (κ2) is 12.4. The maximum Gasteiger partial charge on any atom is 0.149 e. The van der Waals surface area contributed by atoms with Crippen LogP contribution in [0.3, 0.4) is 0 Å². The summed E-state index contributed by atoms with van der Waals surface area (Å²) in [5.74, 6) is 1.49. The van der Waals surface area contributed by atoms with Gasteiger partial charge in [-0.1, -0.05) is 139 Å². The number of furan rings is 1. The molecule has 51 heavy (non-hydrogen) atoms. The van der Waals surface area contributed by atoms with Crippen molar-refractivity contribution >= 4 is 33.0 Å². The summed E-state index contributed by atoms with van der Waals surface area (Å²) in [5.41, 5.74) is 15.3. The van der Waals surface area contributed by atoms with E-state index in [9.17, 15) is 0 Å². The van der Waals surface area contributed by atoms with Crippen molar-refractivity contribution in [2.75, 3.05) is 0 Å². The lowest BCUT2D eigenvalue weighted by Crippen LogP contribution is -2.14. The molecule has 0 spiro atoms. The van der Waals surface area contributed by atoms with Gasteiger partial charge in [-0.05, 0) is 76.4 Å². The molecule has 0 fully saturated rings. The highest BCUT2D eigenvalue weighted by Gasteiger charge is 2.26. The molecule has 0 aliphatic heterocycles. The Morgan fingerprint density at radius 3 is 1.92 bits per heavy atom. The Hall–Kier alpha value is -5.48. The van der Waals surface area contributed by atoms with Gasteiger partial charge in [-0.25, -0.2) is 4.98 Å². The first kappa shape index (κ1) is 32.7. The van der Waals surface area contributed by atoms with E-state index in [0.717, 1.165) is 61.2 Å². The summed E-state index contributed by atoms with van der Waals surface area (Å²) in [6.45, 7) is 18.0. The molecule has 4 heteroatoms. The molecular formula is C47H45N3O. The van der Waals surface area contributed by atoms with Crippen LogP contribution in [0.4, 0.5) is 0 Å². The highest BCUT2D eigenvalue weighted by atomic mass is 16.3. The smallest absolute Gasteiger partial charge is 0.149 e. The van der Waals surface area contributed by atoms with Crippen molar-refractivity contribution in [3.63, 3.8) is 0 Å². The van der Waals surface area contributed by atoms with Crippen molar-refractivity contribution in [1.29, 1.82) is 0 Å². The summed E-state index contributed by atoms with van der Waals surface area (Å²) in [5, 5.41) is 2.18. The molecular weight excluding hydrogens is 623 g/mol. The summed E-state index contributed by atoms with van der Waals surface area (Å²) in [7, 11) is 0. The average Bonchev–Trinajstić information content (AvgIpc) is 3.69. The topological polar surface area (TPSA) is 43.9 Å². The number of rotatable bonds is 6. The minimum absolute atomic E-state index is 0.114. The highest BCUT2D eigenvalue weighted by Crippen LogP contribution is 2.42. The third-order valence-electron chi connectivity index (χ3n) is 10.2. The number of para-hydroxylation sites is 1. The molecule has 0 saturated carbocycles. The predicted molar refractivity (Wildman–Crippen MR) is 214 cm³/mol. The van der Waals surface area contributed by atoms with Gasteiger partial charge in [0.05, 0.1) is 23.0 Å². The van der Waals surface area contributed by atoms with Gasteiger partial charge in [-0.3, -0.25) is 9.55 Å². The van der Waals surface area contributed by atoms with E-state index in [2.05, 4.69) is 169 Å². The van der Waals surface area contributed by atoms with E-state index < -0.39 is 0 Å². The molecule has 8 rings (SSSR count). The Kier molecular flexibility index (Phi) is 7.94. The van der Waals surface area contributed by atoms with Crippen LogP contribution < -0.4 is 0 Å². The highest BCUT2D eigenvalue weighted by molar-refractivity contribution is 6.10. The number of aromatic nitrogens is 3. The Morgan fingerprint density at radius 1 is 0.647 bits per heavy atom. The number of aryl methyl sites for hydroxylation is 1. The van der Waals surface area contributed by atoms with Crippen LogP contribution in [0.2, 0.25) is 0 Å². The predicted octanol–water partition coefficient (Wildman–Crippen LogP) is 13.2. The Bertz CT molecular complexity index is 2530. The summed E-state index contributed by atoms with van der Waals surface area (Å²) in [4.78, 5) is 10.3. The van der Waals surface area contributed by atoms with Gasteiger partial charge in [0, 0.05) is 21.9 Å². The number of hydrogen-bond acceptors (Lipinski definition) is 3. The maximum atomic E-state index is 6.86. The van der Waals surface area contributed by atoms with E-state index in [1.807, 2.05) is 6.20 Å². The van der Waals surface area contributed by atoms with Crippen LogP contribution in [-0.4, -0.2) is 14.5 Å². The van der Waals surface area contributed by atoms with Crippen molar-refractivity contribution < 1.29 is 4.42 Å². The third kappa shape index (κ3) is 5.73. The number of imidazole rings is 1. The SMILES string of the molecule is Cc1cc(C(C)C)c(-n2c(-c3cccc4c3oc3cc(-c5ccc(-c6ccccc6)cc5)ccc34)nc3cnc(C(C)(C)C)cc32)c(C(C)C)c1. The minimum atomic E-state index is -0.114. The van der Waals surface area contributed by atoms with Crippen molar-refractivity contribution in [2.24, 2.45) is 0 Å². The van der Waals surface area contributed by atoms with E-state index in [1.165, 1.54) is 33.5 Å². The molecule has 5 aromatic carbocycles. The summed E-state index contributed by atoms with van der Waals surface area (Å²) in [6.07, 6.45) is 1.95. The molecule has 0 aliphatic rings. The Labute approximate surface area is 300 Å². The van der Waals surface area contributed by atoms with Gasteiger partial charge >= 0.3 is 0 Å². The first-order valence-corrected chi connectivity index (χ1v) is 18.1. The van der Waals surface area contributed by atoms with Gasteiger partial charge < -0.3 is 4.42 Å². The second-order valence-electron chi connectivity index (χ2n) is 15.6. The molecule has 0 bridgehead atoms. The van der Waals surface area contributed by atoms with E-state index >= 15 is 0 Å². The summed E-state index contributed by atoms with van der Waals surface area (Å²) in [6, 6.07) is 39.2. The van der Waals surface area contributed by atoms with Crippen molar-refractivity contribution in [3.8, 4) is 39.3 Å². The maximum absolute atomic E-state index is 6.86. The number of nitrogens with zero attached hydrogens (tertiary/aromatic N) is 3. The standard InChI is InChI=1S/C47H45N3O/c1-28(2)38-23-30(5)24-39(29(3)4)44(38)50-41-26-43(47(6,7)8)48-27-40(41)49-46(50)37-16-12-15-36-35-22-21-34(25-42(35)51-45(36)37)33-19-17-32(18-20-33)31-13-10-9-11-14-31/h9-29H,1-8H3. The van der Waals surface area contributed by atoms with Gasteiger partial charge in [-0.15, -0.1) is 0 Å². The number of fused-ring (bicyclic) bond motifs is 4. The number of pyridine rings is 1. The summed E-state index contributed by atoms with van der Waals surface area (Å²) >= 11 is 0. The Balaban J connectivity index is 1.35. The quantitative estimate of drug-likeness (QED) is 0.177. The van der Waals surface area contributed by atoms with Crippen LogP contribution in [0.5, 0.6) is 0 Å². The number of benzene rings is 5. The van der Waals surface area contributed by atoms with Crippen LogP contribution >= 0.6 is 0 Å². The fraction of sp³-hybridized carbons (Fsp3) is 0.234. The first-order chi connectivity index (χ1) is 24.5. The molecule has 4 nitrogen and oxygen atoms in total. The first-order valence-electron chi connectivity index (χ1n) is 18.1. The average molecular weight is 668 g/mol. The van der Waals surface area contributed by atoms with Crippen LogP contribution in [-0.2, 0) is 5.41 Å². The fourth-order valence-corrected chi connectivity index (χ4v) is 7.41. The zero-order valence-corrected chi connectivity index (χ0v) is 30.9. The van der Waals surface area contributed by atoms with E-state index in [4.69, 9.17) is 14.4 Å². The minimum Gasteiger partial charge on any atom is -0.455 e. The van der Waals surface area contributed by atoms with Gasteiger partial charge in [0.15, 0.2) is 0 Å². The van der Waals surface area contributed by atoms with Gasteiger partial charge in [0.1, 0.15) is 22.5 Å². The monoisotopic (exact) mass is 667 g/mol.